The molecule has 2 aliphatic rings. The molecular formula is C21H24N4O. The van der Waals surface area contributed by atoms with Gasteiger partial charge in [0.1, 0.15) is 11.9 Å². The quantitative estimate of drug-likeness (QED) is 0.897. The number of pyridine rings is 1. The summed E-state index contributed by atoms with van der Waals surface area (Å²) in [7, 11) is 0. The van der Waals surface area contributed by atoms with Crippen molar-refractivity contribution in [2.45, 2.75) is 32.1 Å². The van der Waals surface area contributed by atoms with Crippen LogP contribution in [0.1, 0.15) is 37.7 Å². The minimum absolute atomic E-state index is 0.318. The van der Waals surface area contributed by atoms with E-state index in [0.29, 0.717) is 29.1 Å². The summed E-state index contributed by atoms with van der Waals surface area (Å²) in [6.45, 7) is 2.45. The predicted molar refractivity (Wildman–Crippen MR) is 102 cm³/mol. The van der Waals surface area contributed by atoms with Crippen LogP contribution in [0.3, 0.4) is 0 Å². The van der Waals surface area contributed by atoms with Gasteiger partial charge in [-0.25, -0.2) is 4.98 Å². The molecule has 1 amide bonds. The fourth-order valence-electron chi connectivity index (χ4n) is 3.73. The number of carbonyl (C=O) groups is 1. The van der Waals surface area contributed by atoms with Gasteiger partial charge in [0.15, 0.2) is 0 Å². The standard InChI is InChI=1S/C21H24N4O/c22-12-18-11-17-5-1-2-6-19(17)24-21(18)23-13-16-4-3-9-25(14-16)20(26)10-15-7-8-15/h1-2,5-6,11,15-16H,3-4,7-10,13-14H2,(H,23,24). The molecule has 1 saturated heterocycles. The fraction of sp³-hybridized carbons (Fsp3) is 0.476. The van der Waals surface area contributed by atoms with E-state index in [0.717, 1.165) is 49.8 Å². The summed E-state index contributed by atoms with van der Waals surface area (Å²) in [4.78, 5) is 19.0. The fourth-order valence-corrected chi connectivity index (χ4v) is 3.73. The van der Waals surface area contributed by atoms with Crippen molar-refractivity contribution >= 4 is 22.6 Å². The number of hydrogen-bond acceptors (Lipinski definition) is 4. The number of nitrogens with one attached hydrogen (secondary N) is 1. The Morgan fingerprint density at radius 2 is 2.12 bits per heavy atom. The summed E-state index contributed by atoms with van der Waals surface area (Å²) in [5.74, 6) is 2.01. The Labute approximate surface area is 154 Å². The van der Waals surface area contributed by atoms with Crippen LogP contribution in [0.5, 0.6) is 0 Å². The highest BCUT2D eigenvalue weighted by atomic mass is 16.2. The molecule has 5 heteroatoms. The maximum absolute atomic E-state index is 12.4. The average molecular weight is 348 g/mol. The van der Waals surface area contributed by atoms with Crippen LogP contribution in [-0.2, 0) is 4.79 Å². The highest BCUT2D eigenvalue weighted by Crippen LogP contribution is 2.33. The van der Waals surface area contributed by atoms with Crippen molar-refractivity contribution in [3.05, 3.63) is 35.9 Å². The number of rotatable bonds is 5. The van der Waals surface area contributed by atoms with Gasteiger partial charge in [-0.1, -0.05) is 18.2 Å². The van der Waals surface area contributed by atoms with Crippen molar-refractivity contribution in [1.29, 1.82) is 5.26 Å². The van der Waals surface area contributed by atoms with E-state index in [1.807, 2.05) is 35.2 Å². The molecule has 2 heterocycles. The number of anilines is 1. The normalized spacial score (nSPS) is 20.0. The minimum atomic E-state index is 0.318. The molecule has 2 aromatic rings. The molecule has 134 valence electrons. The van der Waals surface area contributed by atoms with E-state index in [4.69, 9.17) is 0 Å². The maximum Gasteiger partial charge on any atom is 0.222 e. The first-order valence-electron chi connectivity index (χ1n) is 9.54. The topological polar surface area (TPSA) is 69.0 Å². The van der Waals surface area contributed by atoms with E-state index in [1.165, 1.54) is 12.8 Å². The van der Waals surface area contributed by atoms with Crippen molar-refractivity contribution in [3.8, 4) is 6.07 Å². The Morgan fingerprint density at radius 3 is 2.92 bits per heavy atom. The van der Waals surface area contributed by atoms with Gasteiger partial charge in [-0.05, 0) is 49.7 Å². The van der Waals surface area contributed by atoms with Gasteiger partial charge in [0, 0.05) is 31.4 Å². The number of nitriles is 1. The lowest BCUT2D eigenvalue weighted by Gasteiger charge is -2.33. The number of benzene rings is 1. The van der Waals surface area contributed by atoms with Gasteiger partial charge in [-0.3, -0.25) is 4.79 Å². The van der Waals surface area contributed by atoms with Crippen LogP contribution in [0, 0.1) is 23.2 Å². The second-order valence-corrected chi connectivity index (χ2v) is 7.57. The number of fused-ring (bicyclic) bond motifs is 1. The third-order valence-corrected chi connectivity index (χ3v) is 5.43. The summed E-state index contributed by atoms with van der Waals surface area (Å²) in [6, 6.07) is 12.0. The molecule has 0 spiro atoms. The third-order valence-electron chi connectivity index (χ3n) is 5.43. The molecule has 1 atom stereocenters. The molecule has 26 heavy (non-hydrogen) atoms. The zero-order chi connectivity index (χ0) is 17.9. The minimum Gasteiger partial charge on any atom is -0.369 e. The average Bonchev–Trinajstić information content (AvgIpc) is 3.49. The second-order valence-electron chi connectivity index (χ2n) is 7.57. The Bertz CT molecular complexity index is 853. The summed E-state index contributed by atoms with van der Waals surface area (Å²) in [5.41, 5.74) is 1.46. The van der Waals surface area contributed by atoms with Crippen LogP contribution in [0.15, 0.2) is 30.3 Å². The summed E-state index contributed by atoms with van der Waals surface area (Å²) in [6.07, 6.45) is 5.32. The molecule has 2 fully saturated rings. The molecule has 1 saturated carbocycles. The SMILES string of the molecule is N#Cc1cc2ccccc2nc1NCC1CCCN(C(=O)CC2CC2)C1. The van der Waals surface area contributed by atoms with E-state index >= 15 is 0 Å². The molecule has 0 bridgehead atoms. The van der Waals surface area contributed by atoms with Crippen molar-refractivity contribution in [2.75, 3.05) is 25.0 Å². The lowest BCUT2D eigenvalue weighted by Crippen LogP contribution is -2.42. The predicted octanol–water partition coefficient (Wildman–Crippen LogP) is 3.56. The molecular weight excluding hydrogens is 324 g/mol. The number of likely N-dealkylation sites (tertiary alicyclic amines) is 1. The smallest absolute Gasteiger partial charge is 0.222 e. The van der Waals surface area contributed by atoms with Crippen molar-refractivity contribution in [3.63, 3.8) is 0 Å². The zero-order valence-corrected chi connectivity index (χ0v) is 14.9. The van der Waals surface area contributed by atoms with Gasteiger partial charge < -0.3 is 10.2 Å². The van der Waals surface area contributed by atoms with E-state index in [9.17, 15) is 10.1 Å². The van der Waals surface area contributed by atoms with Gasteiger partial charge >= 0.3 is 0 Å². The largest absolute Gasteiger partial charge is 0.369 e. The highest BCUT2D eigenvalue weighted by molar-refractivity contribution is 5.82. The van der Waals surface area contributed by atoms with Crippen LogP contribution in [0.2, 0.25) is 0 Å². The van der Waals surface area contributed by atoms with Gasteiger partial charge in [0.05, 0.1) is 11.1 Å². The summed E-state index contributed by atoms with van der Waals surface area (Å²) < 4.78 is 0. The monoisotopic (exact) mass is 348 g/mol. The van der Waals surface area contributed by atoms with Crippen LogP contribution >= 0.6 is 0 Å². The number of para-hydroxylation sites is 1. The Hall–Kier alpha value is -2.61. The van der Waals surface area contributed by atoms with E-state index in [-0.39, 0.29) is 0 Å². The molecule has 4 rings (SSSR count). The number of aromatic nitrogens is 1. The molecule has 1 aromatic heterocycles. The Balaban J connectivity index is 1.40. The van der Waals surface area contributed by atoms with Crippen LogP contribution in [0.4, 0.5) is 5.82 Å². The zero-order valence-electron chi connectivity index (χ0n) is 14.9. The van der Waals surface area contributed by atoms with E-state index in [1.54, 1.807) is 0 Å². The van der Waals surface area contributed by atoms with E-state index in [2.05, 4.69) is 16.4 Å². The number of carbonyl (C=O) groups excluding carboxylic acids is 1. The van der Waals surface area contributed by atoms with Gasteiger partial charge in [-0.15, -0.1) is 0 Å². The first kappa shape index (κ1) is 16.8. The highest BCUT2D eigenvalue weighted by Gasteiger charge is 2.29. The molecule has 5 nitrogen and oxygen atoms in total. The van der Waals surface area contributed by atoms with Crippen molar-refractivity contribution in [1.82, 2.24) is 9.88 Å². The molecule has 0 radical (unpaired) electrons. The number of amides is 1. The Morgan fingerprint density at radius 1 is 1.27 bits per heavy atom. The first-order chi connectivity index (χ1) is 12.7. The van der Waals surface area contributed by atoms with Gasteiger partial charge in [-0.2, -0.15) is 5.26 Å². The molecule has 1 aromatic carbocycles. The number of hydrogen-bond donors (Lipinski definition) is 1. The summed E-state index contributed by atoms with van der Waals surface area (Å²) >= 11 is 0. The van der Waals surface area contributed by atoms with Gasteiger partial charge in [0.2, 0.25) is 5.91 Å². The third kappa shape index (κ3) is 3.80. The van der Waals surface area contributed by atoms with Crippen LogP contribution in [-0.4, -0.2) is 35.4 Å². The maximum atomic E-state index is 12.4. The lowest BCUT2D eigenvalue weighted by atomic mass is 9.97. The van der Waals surface area contributed by atoms with Crippen LogP contribution in [0.25, 0.3) is 10.9 Å². The summed E-state index contributed by atoms with van der Waals surface area (Å²) in [5, 5.41) is 13.8. The number of piperidine rings is 1. The van der Waals surface area contributed by atoms with Crippen molar-refractivity contribution < 1.29 is 4.79 Å². The van der Waals surface area contributed by atoms with Crippen molar-refractivity contribution in [2.24, 2.45) is 11.8 Å². The second kappa shape index (κ2) is 7.33. The first-order valence-corrected chi connectivity index (χ1v) is 9.54. The van der Waals surface area contributed by atoms with E-state index < -0.39 is 0 Å². The molecule has 1 aliphatic carbocycles. The molecule has 1 unspecified atom stereocenters. The Kier molecular flexibility index (Phi) is 4.75. The van der Waals surface area contributed by atoms with Gasteiger partial charge in [0.25, 0.3) is 0 Å². The number of nitrogens with zero attached hydrogens (tertiary/aromatic N) is 3. The van der Waals surface area contributed by atoms with Crippen LogP contribution < -0.4 is 5.32 Å². The molecule has 1 N–H and O–H groups in total. The lowest BCUT2D eigenvalue weighted by molar-refractivity contribution is -0.133. The molecule has 1 aliphatic heterocycles.